The first-order valence-corrected chi connectivity index (χ1v) is 10.3. The van der Waals surface area contributed by atoms with E-state index < -0.39 is 11.5 Å². The largest absolute Gasteiger partial charge is 0.444 e. The molecule has 29 heavy (non-hydrogen) atoms. The lowest BCUT2D eigenvalue weighted by molar-refractivity contribution is -0.137. The maximum Gasteiger partial charge on any atom is 0.410 e. The van der Waals surface area contributed by atoms with Crippen LogP contribution >= 0.6 is 0 Å². The van der Waals surface area contributed by atoms with Gasteiger partial charge in [0.15, 0.2) is 0 Å². The minimum Gasteiger partial charge on any atom is -0.444 e. The monoisotopic (exact) mass is 401 g/mol. The first-order valence-electron chi connectivity index (χ1n) is 10.3. The van der Waals surface area contributed by atoms with Crippen LogP contribution in [-0.4, -0.2) is 59.0 Å². The van der Waals surface area contributed by atoms with Gasteiger partial charge in [-0.25, -0.2) is 4.79 Å². The maximum absolute atomic E-state index is 13.1. The molecule has 7 heteroatoms. The molecule has 3 atom stereocenters. The van der Waals surface area contributed by atoms with Crippen molar-refractivity contribution >= 4 is 17.9 Å². The summed E-state index contributed by atoms with van der Waals surface area (Å²) in [4.78, 5) is 40.3. The van der Waals surface area contributed by atoms with Crippen LogP contribution in [-0.2, 0) is 9.53 Å². The fraction of sp³-hybridized carbons (Fsp3) is 0.591. The summed E-state index contributed by atoms with van der Waals surface area (Å²) in [6, 6.07) is 7.20. The number of piperazine rings is 1. The van der Waals surface area contributed by atoms with Crippen molar-refractivity contribution in [3.63, 3.8) is 0 Å². The van der Waals surface area contributed by atoms with Gasteiger partial charge in [-0.05, 0) is 57.2 Å². The van der Waals surface area contributed by atoms with E-state index in [1.54, 1.807) is 17.0 Å². The van der Waals surface area contributed by atoms with Crippen LogP contribution in [0.15, 0.2) is 24.3 Å². The summed E-state index contributed by atoms with van der Waals surface area (Å²) in [5, 5.41) is 0. The smallest absolute Gasteiger partial charge is 0.410 e. The Kier molecular flexibility index (Phi) is 5.87. The van der Waals surface area contributed by atoms with Gasteiger partial charge in [-0.15, -0.1) is 0 Å². The lowest BCUT2D eigenvalue weighted by Crippen LogP contribution is -2.57. The number of carbonyl (C=O) groups excluding carboxylic acids is 3. The van der Waals surface area contributed by atoms with Crippen LogP contribution in [0.3, 0.4) is 0 Å². The molecule has 2 fully saturated rings. The van der Waals surface area contributed by atoms with E-state index >= 15 is 0 Å². The van der Waals surface area contributed by atoms with Gasteiger partial charge in [0.2, 0.25) is 11.8 Å². The highest BCUT2D eigenvalue weighted by Gasteiger charge is 2.47. The molecule has 1 aromatic rings. The van der Waals surface area contributed by atoms with Gasteiger partial charge >= 0.3 is 6.09 Å². The first kappa shape index (κ1) is 21.1. The van der Waals surface area contributed by atoms with Crippen LogP contribution < -0.4 is 5.73 Å². The molecular weight excluding hydrogens is 370 g/mol. The third-order valence-corrected chi connectivity index (χ3v) is 5.62. The summed E-state index contributed by atoms with van der Waals surface area (Å²) in [6.07, 6.45) is 1.29. The topological polar surface area (TPSA) is 92.9 Å². The highest BCUT2D eigenvalue weighted by Crippen LogP contribution is 2.49. The second-order valence-electron chi connectivity index (χ2n) is 8.96. The van der Waals surface area contributed by atoms with E-state index in [4.69, 9.17) is 10.5 Å². The Morgan fingerprint density at radius 2 is 1.79 bits per heavy atom. The molecule has 0 unspecified atom stereocenters. The van der Waals surface area contributed by atoms with Crippen LogP contribution in [0, 0.1) is 5.92 Å². The Morgan fingerprint density at radius 1 is 1.14 bits per heavy atom. The lowest BCUT2D eigenvalue weighted by atomic mass is 10.0. The summed E-state index contributed by atoms with van der Waals surface area (Å²) in [6.45, 7) is 9.11. The zero-order valence-electron chi connectivity index (χ0n) is 17.7. The molecule has 3 amide bonds. The molecule has 1 saturated heterocycles. The van der Waals surface area contributed by atoms with E-state index in [1.165, 1.54) is 0 Å². The van der Waals surface area contributed by atoms with E-state index in [2.05, 4.69) is 0 Å². The van der Waals surface area contributed by atoms with Gasteiger partial charge in [-0.1, -0.05) is 19.1 Å². The standard InChI is InChI=1S/C22H31N3O4/c1-5-16-13-24(21(28)29-22(2,3)4)10-11-25(16)20(27)18-12-17(18)14-6-8-15(9-7-14)19(23)26/h6-9,16-18H,5,10-13H2,1-4H3,(H2,23,26)/t16-,17-,18+/m1/s1. The molecule has 2 aliphatic rings. The number of ether oxygens (including phenoxy) is 1. The molecule has 1 saturated carbocycles. The van der Waals surface area contributed by atoms with Crippen LogP contribution in [0.4, 0.5) is 4.79 Å². The fourth-order valence-corrected chi connectivity index (χ4v) is 3.93. The van der Waals surface area contributed by atoms with Crippen LogP contribution in [0.2, 0.25) is 0 Å². The van der Waals surface area contributed by atoms with E-state index in [0.29, 0.717) is 25.2 Å². The summed E-state index contributed by atoms with van der Waals surface area (Å²) < 4.78 is 5.48. The molecule has 1 heterocycles. The number of benzene rings is 1. The van der Waals surface area contributed by atoms with E-state index in [9.17, 15) is 14.4 Å². The second-order valence-corrected chi connectivity index (χ2v) is 8.96. The summed E-state index contributed by atoms with van der Waals surface area (Å²) in [7, 11) is 0. The van der Waals surface area contributed by atoms with Gasteiger partial charge in [0.05, 0.1) is 0 Å². The highest BCUT2D eigenvalue weighted by atomic mass is 16.6. The molecule has 2 N–H and O–H groups in total. The summed E-state index contributed by atoms with van der Waals surface area (Å²) in [5.41, 5.74) is 6.30. The maximum atomic E-state index is 13.1. The quantitative estimate of drug-likeness (QED) is 0.839. The minimum absolute atomic E-state index is 0.00209. The van der Waals surface area contributed by atoms with Crippen LogP contribution in [0.5, 0.6) is 0 Å². The molecule has 0 aromatic heterocycles. The van der Waals surface area contributed by atoms with Crippen LogP contribution in [0.25, 0.3) is 0 Å². The molecule has 3 rings (SSSR count). The van der Waals surface area contributed by atoms with Gasteiger partial charge in [0, 0.05) is 37.2 Å². The third-order valence-electron chi connectivity index (χ3n) is 5.62. The number of amides is 3. The van der Waals surface area contributed by atoms with Gasteiger partial charge in [0.25, 0.3) is 0 Å². The Bertz CT molecular complexity index is 784. The van der Waals surface area contributed by atoms with Gasteiger partial charge in [-0.2, -0.15) is 0 Å². The predicted octanol–water partition coefficient (Wildman–Crippen LogP) is 2.75. The molecule has 158 valence electrons. The van der Waals surface area contributed by atoms with Crippen molar-refractivity contribution in [2.24, 2.45) is 11.7 Å². The minimum atomic E-state index is -0.531. The molecule has 1 aromatic carbocycles. The molecule has 0 radical (unpaired) electrons. The summed E-state index contributed by atoms with van der Waals surface area (Å²) >= 11 is 0. The number of carbonyl (C=O) groups is 3. The van der Waals surface area contributed by atoms with Gasteiger partial charge in [-0.3, -0.25) is 9.59 Å². The fourth-order valence-electron chi connectivity index (χ4n) is 3.93. The van der Waals surface area contributed by atoms with Gasteiger partial charge in [0.1, 0.15) is 5.60 Å². The van der Waals surface area contributed by atoms with E-state index in [1.807, 2.05) is 44.7 Å². The molecule has 7 nitrogen and oxygen atoms in total. The van der Waals surface area contributed by atoms with Crippen molar-refractivity contribution in [3.05, 3.63) is 35.4 Å². The molecule has 0 bridgehead atoms. The van der Waals surface area contributed by atoms with Crippen molar-refractivity contribution in [1.29, 1.82) is 0 Å². The van der Waals surface area contributed by atoms with Crippen molar-refractivity contribution in [2.45, 2.75) is 58.1 Å². The molecule has 0 spiro atoms. The van der Waals surface area contributed by atoms with Crippen molar-refractivity contribution in [1.82, 2.24) is 9.80 Å². The lowest BCUT2D eigenvalue weighted by Gasteiger charge is -2.41. The van der Waals surface area contributed by atoms with Crippen molar-refractivity contribution in [3.8, 4) is 0 Å². The number of hydrogen-bond donors (Lipinski definition) is 1. The first-order chi connectivity index (χ1) is 13.6. The Hall–Kier alpha value is -2.57. The second kappa shape index (κ2) is 8.05. The number of nitrogens with zero attached hydrogens (tertiary/aromatic N) is 2. The molecule has 1 aliphatic carbocycles. The Labute approximate surface area is 172 Å². The number of primary amides is 1. The average Bonchev–Trinajstić information content (AvgIpc) is 3.46. The zero-order valence-corrected chi connectivity index (χ0v) is 17.7. The number of nitrogens with two attached hydrogens (primary N) is 1. The molecular formula is C22H31N3O4. The predicted molar refractivity (Wildman–Crippen MR) is 109 cm³/mol. The third kappa shape index (κ3) is 4.89. The Balaban J connectivity index is 1.60. The van der Waals surface area contributed by atoms with Gasteiger partial charge < -0.3 is 20.3 Å². The Morgan fingerprint density at radius 3 is 2.34 bits per heavy atom. The number of rotatable bonds is 4. The normalized spacial score (nSPS) is 24.2. The average molecular weight is 402 g/mol. The highest BCUT2D eigenvalue weighted by molar-refractivity contribution is 5.92. The summed E-state index contributed by atoms with van der Waals surface area (Å²) in [5.74, 6) is -0.138. The van der Waals surface area contributed by atoms with E-state index in [0.717, 1.165) is 18.4 Å². The van der Waals surface area contributed by atoms with E-state index in [-0.39, 0.29) is 29.9 Å². The SMILES string of the molecule is CC[C@@H]1CN(C(=O)OC(C)(C)C)CCN1C(=O)[C@H]1C[C@@H]1c1ccc(C(N)=O)cc1. The molecule has 1 aliphatic heterocycles. The number of hydrogen-bond acceptors (Lipinski definition) is 4. The van der Waals surface area contributed by atoms with Crippen LogP contribution in [0.1, 0.15) is 62.4 Å². The van der Waals surface area contributed by atoms with Crippen molar-refractivity contribution < 1.29 is 19.1 Å². The van der Waals surface area contributed by atoms with Crippen molar-refractivity contribution in [2.75, 3.05) is 19.6 Å². The zero-order chi connectivity index (χ0) is 21.3.